The van der Waals surface area contributed by atoms with E-state index >= 15 is 0 Å². The zero-order valence-electron chi connectivity index (χ0n) is 12.6. The van der Waals surface area contributed by atoms with Gasteiger partial charge in [0, 0.05) is 19.5 Å². The summed E-state index contributed by atoms with van der Waals surface area (Å²) in [6, 6.07) is 3.31. The van der Waals surface area contributed by atoms with Crippen LogP contribution in [0.1, 0.15) is 0 Å². The van der Waals surface area contributed by atoms with E-state index < -0.39 is 6.09 Å². The molecule has 2 unspecified atom stereocenters. The van der Waals surface area contributed by atoms with Crippen molar-refractivity contribution in [3.05, 3.63) is 12.1 Å². The zero-order chi connectivity index (χ0) is 16.4. The number of amides is 2. The minimum absolute atomic E-state index is 0.00812. The minimum Gasteiger partial charge on any atom is -0.480 e. The summed E-state index contributed by atoms with van der Waals surface area (Å²) < 4.78 is 10.6. The molecule has 2 aliphatic heterocycles. The zero-order valence-corrected chi connectivity index (χ0v) is 12.6. The van der Waals surface area contributed by atoms with Crippen molar-refractivity contribution in [1.29, 1.82) is 0 Å². The molecule has 9 nitrogen and oxygen atoms in total. The molecular weight excluding hydrogens is 304 g/mol. The van der Waals surface area contributed by atoms with Gasteiger partial charge in [0.2, 0.25) is 0 Å². The van der Waals surface area contributed by atoms with Crippen molar-refractivity contribution >= 4 is 23.6 Å². The average Bonchev–Trinajstić information content (AvgIpc) is 2.92. The highest BCUT2D eigenvalue weighted by molar-refractivity contribution is 5.94. The molecule has 1 fully saturated rings. The number of carbonyl (C=O) groups excluding carboxylic acids is 1. The third-order valence-electron chi connectivity index (χ3n) is 3.87. The molecule has 23 heavy (non-hydrogen) atoms. The van der Waals surface area contributed by atoms with Crippen molar-refractivity contribution in [2.45, 2.75) is 6.04 Å². The molecule has 2 amide bonds. The monoisotopic (exact) mass is 322 g/mol. The Labute approximate surface area is 132 Å². The summed E-state index contributed by atoms with van der Waals surface area (Å²) >= 11 is 0. The molecule has 2 aliphatic rings. The van der Waals surface area contributed by atoms with Crippen molar-refractivity contribution in [3.8, 4) is 5.75 Å². The Balaban J connectivity index is 1.68. The molecule has 1 aromatic heterocycles. The summed E-state index contributed by atoms with van der Waals surface area (Å²) in [6.45, 7) is 1.42. The Morgan fingerprint density at radius 3 is 3.13 bits per heavy atom. The van der Waals surface area contributed by atoms with Crippen LogP contribution < -0.4 is 20.3 Å². The second-order valence-corrected chi connectivity index (χ2v) is 5.59. The number of carboxylic acid groups (broad SMARTS) is 1. The van der Waals surface area contributed by atoms with Crippen LogP contribution in [0.2, 0.25) is 0 Å². The SMILES string of the molecule is CN(CC1COCC1NC(=O)O)c1ccc2c(n1)NC(=O)CO2. The van der Waals surface area contributed by atoms with Gasteiger partial charge < -0.3 is 30.1 Å². The van der Waals surface area contributed by atoms with E-state index in [1.54, 1.807) is 12.1 Å². The first-order valence-corrected chi connectivity index (χ1v) is 7.25. The van der Waals surface area contributed by atoms with Gasteiger partial charge in [0.1, 0.15) is 5.82 Å². The number of hydrogen-bond donors (Lipinski definition) is 3. The predicted octanol–water partition coefficient (Wildman–Crippen LogP) is 0.131. The maximum atomic E-state index is 11.4. The fourth-order valence-electron chi connectivity index (χ4n) is 2.71. The lowest BCUT2D eigenvalue weighted by molar-refractivity contribution is -0.118. The van der Waals surface area contributed by atoms with Crippen molar-refractivity contribution < 1.29 is 24.2 Å². The molecule has 3 heterocycles. The van der Waals surface area contributed by atoms with Gasteiger partial charge >= 0.3 is 6.09 Å². The Hall–Kier alpha value is -2.55. The Morgan fingerprint density at radius 2 is 2.35 bits per heavy atom. The smallest absolute Gasteiger partial charge is 0.404 e. The van der Waals surface area contributed by atoms with Crippen LogP contribution in [0.4, 0.5) is 16.4 Å². The van der Waals surface area contributed by atoms with Gasteiger partial charge in [-0.2, -0.15) is 0 Å². The second-order valence-electron chi connectivity index (χ2n) is 5.59. The molecule has 3 N–H and O–H groups in total. The van der Waals surface area contributed by atoms with Gasteiger partial charge in [-0.05, 0) is 12.1 Å². The third-order valence-corrected chi connectivity index (χ3v) is 3.87. The molecule has 1 saturated heterocycles. The van der Waals surface area contributed by atoms with E-state index in [0.717, 1.165) is 0 Å². The number of anilines is 2. The summed E-state index contributed by atoms with van der Waals surface area (Å²) in [7, 11) is 1.86. The molecule has 0 aliphatic carbocycles. The van der Waals surface area contributed by atoms with Crippen molar-refractivity contribution in [2.24, 2.45) is 5.92 Å². The van der Waals surface area contributed by atoms with Crippen molar-refractivity contribution in [3.63, 3.8) is 0 Å². The number of nitrogens with one attached hydrogen (secondary N) is 2. The minimum atomic E-state index is -1.06. The predicted molar refractivity (Wildman–Crippen MR) is 80.9 cm³/mol. The van der Waals surface area contributed by atoms with Gasteiger partial charge in [0.15, 0.2) is 18.2 Å². The number of rotatable bonds is 4. The number of nitrogens with zero attached hydrogens (tertiary/aromatic N) is 2. The molecule has 0 saturated carbocycles. The van der Waals surface area contributed by atoms with E-state index in [2.05, 4.69) is 15.6 Å². The number of carbonyl (C=O) groups is 2. The van der Waals surface area contributed by atoms with Crippen molar-refractivity contribution in [1.82, 2.24) is 10.3 Å². The van der Waals surface area contributed by atoms with E-state index in [1.165, 1.54) is 0 Å². The molecule has 0 aromatic carbocycles. The van der Waals surface area contributed by atoms with Gasteiger partial charge in [-0.25, -0.2) is 9.78 Å². The van der Waals surface area contributed by atoms with E-state index in [9.17, 15) is 9.59 Å². The van der Waals surface area contributed by atoms with Crippen LogP contribution in [0.5, 0.6) is 5.75 Å². The fraction of sp³-hybridized carbons (Fsp3) is 0.500. The standard InChI is InChI=1S/C14H18N4O5/c1-18(4-8-5-22-6-9(8)15-14(20)21)11-3-2-10-13(16-11)17-12(19)7-23-10/h2-3,8-9,15H,4-7H2,1H3,(H,20,21)(H,16,17,19). The first-order chi connectivity index (χ1) is 11.0. The Morgan fingerprint density at radius 1 is 1.52 bits per heavy atom. The topological polar surface area (TPSA) is 113 Å². The maximum Gasteiger partial charge on any atom is 0.404 e. The van der Waals surface area contributed by atoms with Gasteiger partial charge in [-0.15, -0.1) is 0 Å². The highest BCUT2D eigenvalue weighted by Crippen LogP contribution is 2.28. The molecule has 2 atom stereocenters. The molecule has 0 radical (unpaired) electrons. The Bertz CT molecular complexity index is 623. The van der Waals surface area contributed by atoms with Crippen LogP contribution in [0.15, 0.2) is 12.1 Å². The van der Waals surface area contributed by atoms with Gasteiger partial charge in [-0.3, -0.25) is 4.79 Å². The van der Waals surface area contributed by atoms with E-state index in [1.807, 2.05) is 11.9 Å². The lowest BCUT2D eigenvalue weighted by Crippen LogP contribution is -2.43. The van der Waals surface area contributed by atoms with Gasteiger partial charge in [-0.1, -0.05) is 0 Å². The van der Waals surface area contributed by atoms with Crippen LogP contribution in [0.25, 0.3) is 0 Å². The lowest BCUT2D eigenvalue weighted by Gasteiger charge is -2.26. The van der Waals surface area contributed by atoms with Crippen LogP contribution >= 0.6 is 0 Å². The summed E-state index contributed by atoms with van der Waals surface area (Å²) in [4.78, 5) is 28.4. The van der Waals surface area contributed by atoms with Gasteiger partial charge in [0.25, 0.3) is 5.91 Å². The highest BCUT2D eigenvalue weighted by Gasteiger charge is 2.31. The molecule has 124 valence electrons. The van der Waals surface area contributed by atoms with Crippen LogP contribution in [-0.2, 0) is 9.53 Å². The number of aromatic nitrogens is 1. The number of fused-ring (bicyclic) bond motifs is 1. The summed E-state index contributed by atoms with van der Waals surface area (Å²) in [5.74, 6) is 1.39. The summed E-state index contributed by atoms with van der Waals surface area (Å²) in [6.07, 6.45) is -1.06. The molecule has 9 heteroatoms. The number of pyridine rings is 1. The summed E-state index contributed by atoms with van der Waals surface area (Å²) in [5.41, 5.74) is 0. The van der Waals surface area contributed by atoms with Crippen LogP contribution in [0.3, 0.4) is 0 Å². The molecular formula is C14H18N4O5. The Kier molecular flexibility index (Phi) is 4.20. The van der Waals surface area contributed by atoms with Gasteiger partial charge in [0.05, 0.1) is 19.3 Å². The average molecular weight is 322 g/mol. The van der Waals surface area contributed by atoms with Crippen LogP contribution in [0, 0.1) is 5.92 Å². The fourth-order valence-corrected chi connectivity index (χ4v) is 2.71. The van der Waals surface area contributed by atoms with Crippen LogP contribution in [-0.4, -0.2) is 61.5 Å². The maximum absolute atomic E-state index is 11.4. The number of hydrogen-bond acceptors (Lipinski definition) is 6. The molecule has 0 bridgehead atoms. The highest BCUT2D eigenvalue weighted by atomic mass is 16.5. The normalized spacial score (nSPS) is 22.7. The molecule has 3 rings (SSSR count). The van der Waals surface area contributed by atoms with E-state index in [0.29, 0.717) is 37.1 Å². The second kappa shape index (κ2) is 6.29. The quantitative estimate of drug-likeness (QED) is 0.722. The lowest BCUT2D eigenvalue weighted by atomic mass is 10.0. The first kappa shape index (κ1) is 15.3. The van der Waals surface area contributed by atoms with E-state index in [-0.39, 0.29) is 24.5 Å². The third kappa shape index (κ3) is 3.45. The first-order valence-electron chi connectivity index (χ1n) is 7.25. The number of ether oxygens (including phenoxy) is 2. The van der Waals surface area contributed by atoms with E-state index in [4.69, 9.17) is 14.6 Å². The largest absolute Gasteiger partial charge is 0.480 e. The molecule has 1 aromatic rings. The molecule has 0 spiro atoms. The summed E-state index contributed by atoms with van der Waals surface area (Å²) in [5, 5.41) is 14.0. The van der Waals surface area contributed by atoms with Crippen molar-refractivity contribution in [2.75, 3.05) is 43.6 Å².